The van der Waals surface area contributed by atoms with Gasteiger partial charge < -0.3 is 14.5 Å². The summed E-state index contributed by atoms with van der Waals surface area (Å²) in [5, 5.41) is 2.81. The molecule has 3 rings (SSSR count). The summed E-state index contributed by atoms with van der Waals surface area (Å²) in [6.07, 6.45) is 1.30. The average molecular weight is 329 g/mol. The maximum Gasteiger partial charge on any atom is 0.273 e. The number of anilines is 1. The van der Waals surface area contributed by atoms with Crippen molar-refractivity contribution in [2.24, 2.45) is 0 Å². The molecule has 0 radical (unpaired) electrons. The van der Waals surface area contributed by atoms with E-state index in [0.717, 1.165) is 0 Å². The van der Waals surface area contributed by atoms with Gasteiger partial charge in [0.25, 0.3) is 11.8 Å². The molecule has 24 heavy (non-hydrogen) atoms. The summed E-state index contributed by atoms with van der Waals surface area (Å²) in [5.41, 5.74) is 0.483. The zero-order valence-corrected chi connectivity index (χ0v) is 13.8. The molecule has 7 heteroatoms. The molecule has 0 bridgehead atoms. The molecule has 2 aromatic rings. The van der Waals surface area contributed by atoms with Gasteiger partial charge in [-0.3, -0.25) is 14.5 Å². The largest absolute Gasteiger partial charge is 0.482 e. The zero-order chi connectivity index (χ0) is 17.3. The van der Waals surface area contributed by atoms with Gasteiger partial charge in [0.1, 0.15) is 18.6 Å². The van der Waals surface area contributed by atoms with Crippen LogP contribution in [0.4, 0.5) is 5.69 Å². The van der Waals surface area contributed by atoms with Crippen molar-refractivity contribution >= 4 is 17.5 Å². The number of hydrogen-bond donors (Lipinski definition) is 1. The Morgan fingerprint density at radius 3 is 2.83 bits per heavy atom. The normalized spacial score (nSPS) is 14.1. The number of oxazole rings is 1. The molecule has 1 aliphatic rings. The van der Waals surface area contributed by atoms with Gasteiger partial charge in [-0.1, -0.05) is 12.1 Å². The number of benzene rings is 1. The first-order chi connectivity index (χ1) is 11.3. The zero-order valence-electron chi connectivity index (χ0n) is 13.8. The lowest BCUT2D eigenvalue weighted by Gasteiger charge is -2.28. The number of amides is 2. The SMILES string of the molecule is CC(C)(C)NC(=O)c1coc(CN2C(=O)COc3ccccc32)n1. The molecular weight excluding hydrogens is 310 g/mol. The average Bonchev–Trinajstić information content (AvgIpc) is 2.97. The summed E-state index contributed by atoms with van der Waals surface area (Å²) in [5.74, 6) is 0.423. The van der Waals surface area contributed by atoms with Gasteiger partial charge in [-0.25, -0.2) is 4.98 Å². The molecule has 0 atom stereocenters. The summed E-state index contributed by atoms with van der Waals surface area (Å²) < 4.78 is 10.8. The van der Waals surface area contributed by atoms with Crippen LogP contribution in [-0.2, 0) is 11.3 Å². The quantitative estimate of drug-likeness (QED) is 0.932. The van der Waals surface area contributed by atoms with Crippen LogP contribution < -0.4 is 15.0 Å². The summed E-state index contributed by atoms with van der Waals surface area (Å²) in [6.45, 7) is 5.76. The van der Waals surface area contributed by atoms with Crippen molar-refractivity contribution in [3.05, 3.63) is 42.1 Å². The number of ether oxygens (including phenoxy) is 1. The van der Waals surface area contributed by atoms with E-state index >= 15 is 0 Å². The van der Waals surface area contributed by atoms with Crippen LogP contribution in [0.15, 0.2) is 34.9 Å². The number of aromatic nitrogens is 1. The van der Waals surface area contributed by atoms with E-state index < -0.39 is 0 Å². The van der Waals surface area contributed by atoms with E-state index in [1.54, 1.807) is 12.1 Å². The van der Waals surface area contributed by atoms with Crippen LogP contribution in [0.25, 0.3) is 0 Å². The molecule has 2 heterocycles. The summed E-state index contributed by atoms with van der Waals surface area (Å²) in [4.78, 5) is 30.0. The van der Waals surface area contributed by atoms with E-state index in [0.29, 0.717) is 17.3 Å². The van der Waals surface area contributed by atoms with Crippen LogP contribution in [0.2, 0.25) is 0 Å². The van der Waals surface area contributed by atoms with Crippen LogP contribution in [0.1, 0.15) is 37.2 Å². The second-order valence-electron chi connectivity index (χ2n) is 6.57. The first kappa shape index (κ1) is 16.0. The van der Waals surface area contributed by atoms with Crippen LogP contribution in [0, 0.1) is 0 Å². The third-order valence-corrected chi connectivity index (χ3v) is 3.37. The predicted octanol–water partition coefficient (Wildman–Crippen LogP) is 2.13. The van der Waals surface area contributed by atoms with E-state index in [1.165, 1.54) is 11.2 Å². The second-order valence-corrected chi connectivity index (χ2v) is 6.57. The second kappa shape index (κ2) is 5.99. The Morgan fingerprint density at radius 1 is 1.33 bits per heavy atom. The molecule has 2 amide bonds. The molecule has 0 saturated carbocycles. The maximum atomic E-state index is 12.1. The molecule has 0 spiro atoms. The van der Waals surface area contributed by atoms with E-state index in [-0.39, 0.29) is 36.2 Å². The van der Waals surface area contributed by atoms with Gasteiger partial charge in [0.05, 0.1) is 5.69 Å². The molecule has 1 aromatic heterocycles. The van der Waals surface area contributed by atoms with E-state index in [9.17, 15) is 9.59 Å². The molecule has 7 nitrogen and oxygen atoms in total. The topological polar surface area (TPSA) is 84.7 Å². The highest BCUT2D eigenvalue weighted by atomic mass is 16.5. The Balaban J connectivity index is 1.78. The molecule has 0 fully saturated rings. The Hall–Kier alpha value is -2.83. The van der Waals surface area contributed by atoms with Gasteiger partial charge in [-0.2, -0.15) is 0 Å². The van der Waals surface area contributed by atoms with Crippen molar-refractivity contribution in [2.45, 2.75) is 32.9 Å². The van der Waals surface area contributed by atoms with Gasteiger partial charge in [-0.05, 0) is 32.9 Å². The fourth-order valence-corrected chi connectivity index (χ4v) is 2.35. The molecule has 1 aromatic carbocycles. The highest BCUT2D eigenvalue weighted by molar-refractivity contribution is 5.97. The molecule has 0 saturated heterocycles. The summed E-state index contributed by atoms with van der Waals surface area (Å²) in [6, 6.07) is 7.26. The van der Waals surface area contributed by atoms with Gasteiger partial charge in [0.2, 0.25) is 5.89 Å². The van der Waals surface area contributed by atoms with Crippen molar-refractivity contribution in [3.63, 3.8) is 0 Å². The minimum Gasteiger partial charge on any atom is -0.482 e. The number of para-hydroxylation sites is 2. The van der Waals surface area contributed by atoms with Crippen molar-refractivity contribution in [3.8, 4) is 5.75 Å². The van der Waals surface area contributed by atoms with E-state index in [4.69, 9.17) is 9.15 Å². The predicted molar refractivity (Wildman–Crippen MR) is 86.8 cm³/mol. The van der Waals surface area contributed by atoms with Crippen molar-refractivity contribution in [1.82, 2.24) is 10.3 Å². The summed E-state index contributed by atoms with van der Waals surface area (Å²) in [7, 11) is 0. The lowest BCUT2D eigenvalue weighted by molar-refractivity contribution is -0.121. The molecule has 1 N–H and O–H groups in total. The fourth-order valence-electron chi connectivity index (χ4n) is 2.35. The lowest BCUT2D eigenvalue weighted by atomic mass is 10.1. The number of hydrogen-bond acceptors (Lipinski definition) is 5. The molecule has 1 aliphatic heterocycles. The van der Waals surface area contributed by atoms with Crippen molar-refractivity contribution in [1.29, 1.82) is 0 Å². The Kier molecular flexibility index (Phi) is 4.01. The van der Waals surface area contributed by atoms with Crippen LogP contribution >= 0.6 is 0 Å². The third kappa shape index (κ3) is 3.40. The van der Waals surface area contributed by atoms with E-state index in [2.05, 4.69) is 10.3 Å². The number of carbonyl (C=O) groups excluding carboxylic acids is 2. The maximum absolute atomic E-state index is 12.1. The Bertz CT molecular complexity index is 776. The van der Waals surface area contributed by atoms with E-state index in [1.807, 2.05) is 32.9 Å². The first-order valence-electron chi connectivity index (χ1n) is 7.62. The number of fused-ring (bicyclic) bond motifs is 1. The standard InChI is InChI=1S/C17H19N3O4/c1-17(2,3)19-16(22)11-9-24-14(18-11)8-20-12-6-4-5-7-13(12)23-10-15(20)21/h4-7,9H,8,10H2,1-3H3,(H,19,22). The molecule has 0 aliphatic carbocycles. The summed E-state index contributed by atoms with van der Waals surface area (Å²) >= 11 is 0. The molecular formula is C17H19N3O4. The van der Waals surface area contributed by atoms with Crippen molar-refractivity contribution in [2.75, 3.05) is 11.5 Å². The molecule has 0 unspecified atom stereocenters. The Labute approximate surface area is 139 Å². The van der Waals surface area contributed by atoms with Crippen LogP contribution in [0.3, 0.4) is 0 Å². The van der Waals surface area contributed by atoms with Crippen LogP contribution in [0.5, 0.6) is 5.75 Å². The highest BCUT2D eigenvalue weighted by Gasteiger charge is 2.27. The molecule has 126 valence electrons. The van der Waals surface area contributed by atoms with Crippen LogP contribution in [-0.4, -0.2) is 28.9 Å². The van der Waals surface area contributed by atoms with Gasteiger partial charge in [0, 0.05) is 5.54 Å². The number of rotatable bonds is 3. The number of nitrogens with zero attached hydrogens (tertiary/aromatic N) is 2. The number of carbonyl (C=O) groups is 2. The van der Waals surface area contributed by atoms with Gasteiger partial charge >= 0.3 is 0 Å². The van der Waals surface area contributed by atoms with Crippen molar-refractivity contribution < 1.29 is 18.7 Å². The monoisotopic (exact) mass is 329 g/mol. The minimum absolute atomic E-state index is 0.0326. The lowest BCUT2D eigenvalue weighted by Crippen LogP contribution is -2.40. The Morgan fingerprint density at radius 2 is 2.08 bits per heavy atom. The minimum atomic E-state index is -0.366. The highest BCUT2D eigenvalue weighted by Crippen LogP contribution is 2.32. The van der Waals surface area contributed by atoms with Gasteiger partial charge in [0.15, 0.2) is 12.3 Å². The fraction of sp³-hybridized carbons (Fsp3) is 0.353. The first-order valence-corrected chi connectivity index (χ1v) is 7.62. The number of nitrogens with one attached hydrogen (secondary N) is 1. The van der Waals surface area contributed by atoms with Gasteiger partial charge in [-0.15, -0.1) is 0 Å². The smallest absolute Gasteiger partial charge is 0.273 e. The third-order valence-electron chi connectivity index (χ3n) is 3.37.